The van der Waals surface area contributed by atoms with Crippen LogP contribution in [0.2, 0.25) is 0 Å². The summed E-state index contributed by atoms with van der Waals surface area (Å²) in [5.41, 5.74) is -1.76. The van der Waals surface area contributed by atoms with Crippen molar-refractivity contribution in [3.05, 3.63) is 12.2 Å². The molecular weight excluding hydrogens is 378 g/mol. The van der Waals surface area contributed by atoms with Crippen molar-refractivity contribution in [2.24, 2.45) is 5.92 Å². The molecule has 0 unspecified atom stereocenters. The highest BCUT2D eigenvalue weighted by Gasteiger charge is 2.72. The first-order chi connectivity index (χ1) is 13.9. The van der Waals surface area contributed by atoms with Crippen LogP contribution in [-0.4, -0.2) is 74.8 Å². The Kier molecular flexibility index (Phi) is 7.45. The molecule has 2 saturated carbocycles. The molecule has 1 aliphatic heterocycles. The van der Waals surface area contributed by atoms with Gasteiger partial charge in [0.2, 0.25) is 5.91 Å². The Bertz CT molecular complexity index is 624. The molecular formula is C21H33NO7. The average Bonchev–Trinajstić information content (AvgIpc) is 3.49. The Morgan fingerprint density at radius 2 is 1.76 bits per heavy atom. The van der Waals surface area contributed by atoms with Gasteiger partial charge in [-0.25, -0.2) is 0 Å². The lowest BCUT2D eigenvalue weighted by atomic mass is 9.64. The number of carbonyl (C=O) groups excluding carboxylic acids is 2. The fraction of sp³-hybridized carbons (Fsp3) is 0.810. The van der Waals surface area contributed by atoms with Gasteiger partial charge in [0.25, 0.3) is 0 Å². The normalized spacial score (nSPS) is 38.1. The minimum atomic E-state index is -1.76. The van der Waals surface area contributed by atoms with Crippen molar-refractivity contribution in [3.8, 4) is 0 Å². The number of Topliss-reactive ketones (excluding diaryl/α,β-unsaturated/α-hetero) is 1. The molecule has 0 radical (unpaired) electrons. The van der Waals surface area contributed by atoms with Crippen LogP contribution >= 0.6 is 0 Å². The molecule has 3 fully saturated rings. The van der Waals surface area contributed by atoms with Gasteiger partial charge in [0.05, 0.1) is 24.2 Å². The largest absolute Gasteiger partial charge is 0.396 e. The van der Waals surface area contributed by atoms with E-state index in [0.29, 0.717) is 0 Å². The number of nitrogens with one attached hydrogen (secondary N) is 1. The third-order valence-electron chi connectivity index (χ3n) is 6.37. The van der Waals surface area contributed by atoms with E-state index in [1.807, 2.05) is 0 Å². The third kappa shape index (κ3) is 4.88. The van der Waals surface area contributed by atoms with Gasteiger partial charge in [-0.05, 0) is 25.3 Å². The fourth-order valence-electron chi connectivity index (χ4n) is 4.65. The summed E-state index contributed by atoms with van der Waals surface area (Å²) >= 11 is 0. The maximum atomic E-state index is 12.4. The lowest BCUT2D eigenvalue weighted by Gasteiger charge is -2.46. The number of allylic oxidation sites excluding steroid dienone is 1. The zero-order chi connectivity index (χ0) is 21.0. The first-order valence-electron chi connectivity index (χ1n) is 10.8. The smallest absolute Gasteiger partial charge is 0.243 e. The summed E-state index contributed by atoms with van der Waals surface area (Å²) in [6, 6.07) is -0.821. The van der Waals surface area contributed by atoms with Crippen LogP contribution in [0.5, 0.6) is 0 Å². The minimum Gasteiger partial charge on any atom is -0.396 e. The quantitative estimate of drug-likeness (QED) is 0.183. The van der Waals surface area contributed by atoms with Crippen LogP contribution in [0.25, 0.3) is 0 Å². The summed E-state index contributed by atoms with van der Waals surface area (Å²) in [4.78, 5) is 24.6. The molecule has 0 aromatic heterocycles. The average molecular weight is 411 g/mol. The molecule has 0 aromatic carbocycles. The Labute approximate surface area is 170 Å². The molecule has 29 heavy (non-hydrogen) atoms. The molecule has 3 rings (SSSR count). The maximum Gasteiger partial charge on any atom is 0.243 e. The van der Waals surface area contributed by atoms with Crippen LogP contribution < -0.4 is 5.32 Å². The van der Waals surface area contributed by atoms with E-state index in [1.54, 1.807) is 6.08 Å². The van der Waals surface area contributed by atoms with E-state index in [1.165, 1.54) is 6.08 Å². The van der Waals surface area contributed by atoms with E-state index in [4.69, 9.17) is 9.84 Å². The number of hydrogen-bond donors (Lipinski definition) is 5. The second kappa shape index (κ2) is 9.66. The van der Waals surface area contributed by atoms with E-state index < -0.39 is 53.7 Å². The number of ether oxygens (including phenoxy) is 1. The van der Waals surface area contributed by atoms with Gasteiger partial charge in [-0.2, -0.15) is 0 Å². The fourth-order valence-corrected chi connectivity index (χ4v) is 4.65. The predicted octanol–water partition coefficient (Wildman–Crippen LogP) is -0.0366. The third-order valence-corrected chi connectivity index (χ3v) is 6.37. The number of aliphatic hydroxyl groups is 4. The molecule has 5 N–H and O–H groups in total. The molecule has 1 heterocycles. The number of epoxide rings is 1. The number of amides is 1. The molecule has 1 amide bonds. The van der Waals surface area contributed by atoms with Gasteiger partial charge in [-0.1, -0.05) is 38.2 Å². The number of ketones is 1. The van der Waals surface area contributed by atoms with E-state index in [2.05, 4.69) is 5.32 Å². The van der Waals surface area contributed by atoms with Crippen molar-refractivity contribution in [3.63, 3.8) is 0 Å². The maximum absolute atomic E-state index is 12.4. The van der Waals surface area contributed by atoms with Crippen LogP contribution in [0.15, 0.2) is 12.2 Å². The number of rotatable bonds is 11. The SMILES string of the molecule is O=C(/C=C/CCCCCCCCCO)N[C@H]1C[C@@]2(O)C(=O)[C@H]([C@H](O)[C@@H]3O[C@@H]32)[C@@H]1O. The van der Waals surface area contributed by atoms with E-state index >= 15 is 0 Å². The van der Waals surface area contributed by atoms with E-state index in [0.717, 1.165) is 51.4 Å². The summed E-state index contributed by atoms with van der Waals surface area (Å²) in [5, 5.41) is 42.7. The zero-order valence-electron chi connectivity index (χ0n) is 16.7. The van der Waals surface area contributed by atoms with Gasteiger partial charge in [0, 0.05) is 13.0 Å². The van der Waals surface area contributed by atoms with Gasteiger partial charge >= 0.3 is 0 Å². The topological polar surface area (TPSA) is 140 Å². The lowest BCUT2D eigenvalue weighted by molar-refractivity contribution is -0.171. The second-order valence-corrected chi connectivity index (χ2v) is 8.53. The van der Waals surface area contributed by atoms with Crippen molar-refractivity contribution in [2.75, 3.05) is 6.61 Å². The number of fused-ring (bicyclic) bond motifs is 4. The van der Waals surface area contributed by atoms with Crippen LogP contribution in [0.4, 0.5) is 0 Å². The number of hydrogen-bond acceptors (Lipinski definition) is 7. The molecule has 8 nitrogen and oxygen atoms in total. The number of carbonyl (C=O) groups is 2. The predicted molar refractivity (Wildman–Crippen MR) is 104 cm³/mol. The van der Waals surface area contributed by atoms with Crippen LogP contribution in [0.1, 0.15) is 57.8 Å². The Hall–Kier alpha value is -1.32. The summed E-state index contributed by atoms with van der Waals surface area (Å²) in [6.07, 6.45) is 7.49. The molecule has 0 spiro atoms. The summed E-state index contributed by atoms with van der Waals surface area (Å²) < 4.78 is 5.25. The van der Waals surface area contributed by atoms with Gasteiger partial charge in [-0.3, -0.25) is 9.59 Å². The molecule has 164 valence electrons. The standard InChI is InChI=1S/C21H33NO7/c23-11-9-7-5-3-1-2-4-6-8-10-14(24)22-13-12-21(28)19(27)15(16(13)25)17(26)18-20(21)29-18/h8,10,13,15-18,20,23,25-26,28H,1-7,9,11-12H2,(H,22,24)/b10-8+/t13-,15-,16+,17-,18-,20-,21+/m0/s1. The number of unbranched alkanes of at least 4 members (excludes halogenated alkanes) is 7. The molecule has 0 aromatic rings. The van der Waals surface area contributed by atoms with Crippen molar-refractivity contribution < 1.29 is 34.8 Å². The zero-order valence-corrected chi connectivity index (χ0v) is 16.7. The van der Waals surface area contributed by atoms with Gasteiger partial charge < -0.3 is 30.5 Å². The first-order valence-corrected chi connectivity index (χ1v) is 10.8. The van der Waals surface area contributed by atoms with Gasteiger partial charge in [0.15, 0.2) is 11.4 Å². The van der Waals surface area contributed by atoms with Crippen LogP contribution in [0, 0.1) is 5.92 Å². The summed E-state index contributed by atoms with van der Waals surface area (Å²) in [7, 11) is 0. The van der Waals surface area contributed by atoms with Gasteiger partial charge in [-0.15, -0.1) is 0 Å². The lowest BCUT2D eigenvalue weighted by Crippen LogP contribution is -2.69. The highest BCUT2D eigenvalue weighted by Crippen LogP contribution is 2.50. The highest BCUT2D eigenvalue weighted by atomic mass is 16.6. The van der Waals surface area contributed by atoms with Crippen molar-refractivity contribution in [2.45, 2.75) is 93.8 Å². The highest BCUT2D eigenvalue weighted by molar-refractivity contribution is 5.94. The van der Waals surface area contributed by atoms with Crippen molar-refractivity contribution in [1.29, 1.82) is 0 Å². The Morgan fingerprint density at radius 3 is 2.45 bits per heavy atom. The summed E-state index contributed by atoms with van der Waals surface area (Å²) in [6.45, 7) is 0.260. The molecule has 2 bridgehead atoms. The first kappa shape index (κ1) is 22.4. The second-order valence-electron chi connectivity index (χ2n) is 8.53. The molecule has 3 aliphatic rings. The van der Waals surface area contributed by atoms with Crippen LogP contribution in [0.3, 0.4) is 0 Å². The molecule has 1 saturated heterocycles. The molecule has 7 atom stereocenters. The molecule has 2 aliphatic carbocycles. The Balaban J connectivity index is 1.38. The van der Waals surface area contributed by atoms with Crippen molar-refractivity contribution >= 4 is 11.7 Å². The van der Waals surface area contributed by atoms with E-state index in [-0.39, 0.29) is 13.0 Å². The molecule has 8 heteroatoms. The monoisotopic (exact) mass is 411 g/mol. The van der Waals surface area contributed by atoms with Crippen LogP contribution in [-0.2, 0) is 14.3 Å². The summed E-state index contributed by atoms with van der Waals surface area (Å²) in [5.74, 6) is -2.14. The van der Waals surface area contributed by atoms with E-state index in [9.17, 15) is 24.9 Å². The number of aliphatic hydroxyl groups excluding tert-OH is 3. The minimum absolute atomic E-state index is 0.118. The van der Waals surface area contributed by atoms with Gasteiger partial charge in [0.1, 0.15) is 12.2 Å². The van der Waals surface area contributed by atoms with Crippen molar-refractivity contribution in [1.82, 2.24) is 5.32 Å². The Morgan fingerprint density at radius 1 is 1.10 bits per heavy atom.